The molecule has 0 bridgehead atoms. The SMILES string of the molecule is O=C1CCCN1c1nc(CC(=O)N2CCCC2C2CCCC2)cs1. The van der Waals surface area contributed by atoms with Crippen molar-refractivity contribution in [3.63, 3.8) is 0 Å². The molecule has 1 unspecified atom stereocenters. The van der Waals surface area contributed by atoms with Gasteiger partial charge in [0.2, 0.25) is 11.8 Å². The number of likely N-dealkylation sites (tertiary alicyclic amines) is 1. The number of hydrogen-bond donors (Lipinski definition) is 0. The van der Waals surface area contributed by atoms with Gasteiger partial charge in [0.1, 0.15) is 0 Å². The lowest BCUT2D eigenvalue weighted by Crippen LogP contribution is -2.40. The number of nitrogens with zero attached hydrogens (tertiary/aromatic N) is 3. The van der Waals surface area contributed by atoms with Gasteiger partial charge in [-0.2, -0.15) is 0 Å². The molecule has 0 N–H and O–H groups in total. The van der Waals surface area contributed by atoms with Gasteiger partial charge in [0, 0.05) is 30.9 Å². The van der Waals surface area contributed by atoms with Crippen LogP contribution in [0.25, 0.3) is 0 Å². The predicted molar refractivity (Wildman–Crippen MR) is 94.1 cm³/mol. The first-order valence-corrected chi connectivity index (χ1v) is 10.1. The van der Waals surface area contributed by atoms with E-state index >= 15 is 0 Å². The van der Waals surface area contributed by atoms with Crippen molar-refractivity contribution in [2.75, 3.05) is 18.0 Å². The van der Waals surface area contributed by atoms with Gasteiger partial charge < -0.3 is 4.90 Å². The van der Waals surface area contributed by atoms with Crippen LogP contribution in [0.3, 0.4) is 0 Å². The lowest BCUT2D eigenvalue weighted by Gasteiger charge is -2.29. The third-order valence-corrected chi connectivity index (χ3v) is 6.65. The summed E-state index contributed by atoms with van der Waals surface area (Å²) in [5, 5.41) is 2.70. The Bertz CT molecular complexity index is 624. The molecule has 1 aliphatic carbocycles. The molecule has 3 aliphatic rings. The number of hydrogen-bond acceptors (Lipinski definition) is 4. The van der Waals surface area contributed by atoms with Crippen molar-refractivity contribution in [1.29, 1.82) is 0 Å². The number of amides is 2. The van der Waals surface area contributed by atoms with E-state index in [0.29, 0.717) is 24.8 Å². The first kappa shape index (κ1) is 16.1. The van der Waals surface area contributed by atoms with Crippen LogP contribution in [0, 0.1) is 5.92 Å². The summed E-state index contributed by atoms with van der Waals surface area (Å²) >= 11 is 1.48. The van der Waals surface area contributed by atoms with Crippen LogP contribution in [-0.4, -0.2) is 40.8 Å². The number of carbonyl (C=O) groups excluding carboxylic acids is 2. The van der Waals surface area contributed by atoms with Gasteiger partial charge in [0.05, 0.1) is 12.1 Å². The second kappa shape index (κ2) is 6.82. The molecule has 0 spiro atoms. The lowest BCUT2D eigenvalue weighted by atomic mass is 9.96. The molecular weight excluding hydrogens is 322 g/mol. The van der Waals surface area contributed by atoms with Crippen LogP contribution in [0.15, 0.2) is 5.38 Å². The molecule has 6 heteroatoms. The maximum Gasteiger partial charge on any atom is 0.228 e. The predicted octanol–water partition coefficient (Wildman–Crippen LogP) is 2.99. The Morgan fingerprint density at radius 1 is 1.17 bits per heavy atom. The molecule has 4 rings (SSSR count). The maximum absolute atomic E-state index is 12.8. The fourth-order valence-corrected chi connectivity index (χ4v) is 5.41. The summed E-state index contributed by atoms with van der Waals surface area (Å²) in [4.78, 5) is 33.0. The van der Waals surface area contributed by atoms with E-state index in [1.165, 1.54) is 43.4 Å². The van der Waals surface area contributed by atoms with Gasteiger partial charge in [-0.3, -0.25) is 14.5 Å². The summed E-state index contributed by atoms with van der Waals surface area (Å²) in [6.45, 7) is 1.66. The van der Waals surface area contributed by atoms with Crippen molar-refractivity contribution in [1.82, 2.24) is 9.88 Å². The molecule has 3 fully saturated rings. The summed E-state index contributed by atoms with van der Waals surface area (Å²) in [5.74, 6) is 1.08. The minimum atomic E-state index is 0.156. The van der Waals surface area contributed by atoms with Crippen molar-refractivity contribution in [3.05, 3.63) is 11.1 Å². The van der Waals surface area contributed by atoms with E-state index in [9.17, 15) is 9.59 Å². The molecule has 1 aromatic rings. The summed E-state index contributed by atoms with van der Waals surface area (Å²) in [7, 11) is 0. The quantitative estimate of drug-likeness (QED) is 0.841. The Morgan fingerprint density at radius 2 is 2.00 bits per heavy atom. The van der Waals surface area contributed by atoms with E-state index in [1.807, 2.05) is 5.38 Å². The molecule has 2 amide bonds. The summed E-state index contributed by atoms with van der Waals surface area (Å²) in [6, 6.07) is 0.457. The molecule has 3 heterocycles. The average molecular weight is 347 g/mol. The zero-order chi connectivity index (χ0) is 16.5. The third-order valence-electron chi connectivity index (χ3n) is 5.74. The zero-order valence-corrected chi connectivity index (χ0v) is 14.9. The first-order valence-electron chi connectivity index (χ1n) is 9.26. The van der Waals surface area contributed by atoms with E-state index < -0.39 is 0 Å². The number of aromatic nitrogens is 1. The molecule has 1 atom stereocenters. The lowest BCUT2D eigenvalue weighted by molar-refractivity contribution is -0.132. The standard InChI is InChI=1S/C18H25N3O2S/c22-16-8-4-10-21(16)18-19-14(12-24-18)11-17(23)20-9-3-7-15(20)13-5-1-2-6-13/h12-13,15H,1-11H2. The molecule has 0 radical (unpaired) electrons. The average Bonchev–Trinajstić information content (AvgIpc) is 3.34. The summed E-state index contributed by atoms with van der Waals surface area (Å²) < 4.78 is 0. The van der Waals surface area contributed by atoms with Gasteiger partial charge in [-0.1, -0.05) is 12.8 Å². The molecule has 2 saturated heterocycles. The van der Waals surface area contributed by atoms with Crippen LogP contribution in [0.4, 0.5) is 5.13 Å². The van der Waals surface area contributed by atoms with Crippen LogP contribution in [0.1, 0.15) is 57.1 Å². The fourth-order valence-electron chi connectivity index (χ4n) is 4.54. The van der Waals surface area contributed by atoms with E-state index in [-0.39, 0.29) is 11.8 Å². The van der Waals surface area contributed by atoms with Crippen LogP contribution in [-0.2, 0) is 16.0 Å². The third kappa shape index (κ3) is 3.08. The van der Waals surface area contributed by atoms with E-state index in [2.05, 4.69) is 9.88 Å². The molecule has 5 nitrogen and oxygen atoms in total. The molecular formula is C18H25N3O2S. The van der Waals surface area contributed by atoms with E-state index in [4.69, 9.17) is 0 Å². The Hall–Kier alpha value is -1.43. The fraction of sp³-hybridized carbons (Fsp3) is 0.722. The van der Waals surface area contributed by atoms with Crippen LogP contribution >= 0.6 is 11.3 Å². The highest BCUT2D eigenvalue weighted by Gasteiger charge is 2.36. The first-order chi connectivity index (χ1) is 11.7. The molecule has 0 aromatic carbocycles. The van der Waals surface area contributed by atoms with Crippen LogP contribution in [0.2, 0.25) is 0 Å². The molecule has 1 saturated carbocycles. The molecule has 24 heavy (non-hydrogen) atoms. The molecule has 130 valence electrons. The van der Waals surface area contributed by atoms with Crippen molar-refractivity contribution in [2.45, 2.75) is 63.8 Å². The Morgan fingerprint density at radius 3 is 2.75 bits per heavy atom. The second-order valence-corrected chi connectivity index (χ2v) is 8.12. The van der Waals surface area contributed by atoms with Gasteiger partial charge in [0.25, 0.3) is 0 Å². The highest BCUT2D eigenvalue weighted by atomic mass is 32.1. The van der Waals surface area contributed by atoms with Gasteiger partial charge in [0.15, 0.2) is 5.13 Å². The zero-order valence-electron chi connectivity index (χ0n) is 14.1. The number of rotatable bonds is 4. The van der Waals surface area contributed by atoms with Crippen molar-refractivity contribution >= 4 is 28.3 Å². The van der Waals surface area contributed by atoms with Crippen LogP contribution in [0.5, 0.6) is 0 Å². The highest BCUT2D eigenvalue weighted by Crippen LogP contribution is 2.35. The Balaban J connectivity index is 1.40. The van der Waals surface area contributed by atoms with Crippen molar-refractivity contribution in [2.24, 2.45) is 5.92 Å². The number of carbonyl (C=O) groups is 2. The summed E-state index contributed by atoms with van der Waals surface area (Å²) in [6.07, 6.45) is 9.41. The molecule has 1 aromatic heterocycles. The second-order valence-electron chi connectivity index (χ2n) is 7.29. The van der Waals surface area contributed by atoms with Crippen LogP contribution < -0.4 is 4.90 Å². The number of thiazole rings is 1. The topological polar surface area (TPSA) is 53.5 Å². The summed E-state index contributed by atoms with van der Waals surface area (Å²) in [5.41, 5.74) is 0.816. The van der Waals surface area contributed by atoms with Gasteiger partial charge in [-0.05, 0) is 38.0 Å². The smallest absolute Gasteiger partial charge is 0.228 e. The van der Waals surface area contributed by atoms with Gasteiger partial charge in [-0.25, -0.2) is 4.98 Å². The normalized spacial score (nSPS) is 25.2. The van der Waals surface area contributed by atoms with Gasteiger partial charge >= 0.3 is 0 Å². The molecule has 2 aliphatic heterocycles. The maximum atomic E-state index is 12.8. The highest BCUT2D eigenvalue weighted by molar-refractivity contribution is 7.14. The minimum absolute atomic E-state index is 0.156. The van der Waals surface area contributed by atoms with E-state index in [1.54, 1.807) is 4.90 Å². The Labute approximate surface area is 147 Å². The minimum Gasteiger partial charge on any atom is -0.339 e. The van der Waals surface area contributed by atoms with E-state index in [0.717, 1.165) is 36.8 Å². The largest absolute Gasteiger partial charge is 0.339 e. The van der Waals surface area contributed by atoms with Crippen molar-refractivity contribution < 1.29 is 9.59 Å². The van der Waals surface area contributed by atoms with Gasteiger partial charge in [-0.15, -0.1) is 11.3 Å². The Kier molecular flexibility index (Phi) is 4.57. The monoisotopic (exact) mass is 347 g/mol. The van der Waals surface area contributed by atoms with Crippen molar-refractivity contribution in [3.8, 4) is 0 Å². The number of anilines is 1.